The van der Waals surface area contributed by atoms with Crippen LogP contribution in [0.2, 0.25) is 10.0 Å². The third-order valence-electron chi connectivity index (χ3n) is 11.1. The maximum absolute atomic E-state index is 13.1. The highest BCUT2D eigenvalue weighted by atomic mass is 35.5. The van der Waals surface area contributed by atoms with Crippen molar-refractivity contribution in [1.82, 2.24) is 29.0 Å². The van der Waals surface area contributed by atoms with Crippen LogP contribution in [0.1, 0.15) is 41.6 Å². The van der Waals surface area contributed by atoms with Crippen LogP contribution in [0.5, 0.6) is 0 Å². The van der Waals surface area contributed by atoms with Crippen molar-refractivity contribution in [3.8, 4) is 0 Å². The van der Waals surface area contributed by atoms with Gasteiger partial charge in [0, 0.05) is 96.4 Å². The number of carbonyl (C=O) groups excluding carboxylic acids is 2. The molecular weight excluding hydrogens is 963 g/mol. The van der Waals surface area contributed by atoms with E-state index in [4.69, 9.17) is 23.2 Å². The smallest absolute Gasteiger partial charge is 0.252 e. The fraction of sp³-hybridized carbons (Fsp3) is 0.277. The summed E-state index contributed by atoms with van der Waals surface area (Å²) in [7, 11) is -7.12. The fourth-order valence-electron chi connectivity index (χ4n) is 7.28. The molecule has 2 amide bonds. The maximum atomic E-state index is 13.1. The number of amides is 2. The lowest BCUT2D eigenvalue weighted by molar-refractivity contribution is 0.0943. The van der Waals surface area contributed by atoms with E-state index >= 15 is 0 Å². The predicted octanol–water partition coefficient (Wildman–Crippen LogP) is 7.86. The van der Waals surface area contributed by atoms with Gasteiger partial charge in [0.25, 0.3) is 31.9 Å². The molecule has 2 fully saturated rings. The van der Waals surface area contributed by atoms with E-state index in [-0.39, 0.29) is 34.9 Å². The first-order valence-corrected chi connectivity index (χ1v) is 26.5. The Balaban J connectivity index is 0.000000196. The highest BCUT2D eigenvalue weighted by Crippen LogP contribution is 2.28. The van der Waals surface area contributed by atoms with E-state index in [1.807, 2.05) is 18.2 Å². The number of nitrogens with one attached hydrogen (secondary N) is 2. The average Bonchev–Trinajstić information content (AvgIpc) is 4.03. The molecule has 8 rings (SSSR count). The molecule has 2 aliphatic rings. The van der Waals surface area contributed by atoms with Gasteiger partial charge in [-0.1, -0.05) is 65.7 Å². The molecular formula is C47H49Cl2FN6O6S4. The third-order valence-corrected chi connectivity index (χ3v) is 18.5. The van der Waals surface area contributed by atoms with Gasteiger partial charge in [0.05, 0.1) is 13.1 Å². The van der Waals surface area contributed by atoms with Crippen LogP contribution in [0.3, 0.4) is 0 Å². The Hall–Kier alpha value is -4.53. The molecule has 2 saturated heterocycles. The standard InChI is InChI=1S/C24H26ClN3O3S2.C23H23ClFN3O3S2/c25-21-8-6-20(7-9-21)24(29)26-18-22-10-11-23(32-22)33(30,31)28-16-14-27(15-17-28)13-12-19-4-2-1-3-5-19;24-19-5-3-18(4-6-19)23(29)26-15-21-9-10-22(32-21)33(30,31)28-13-11-27(12-14-28)16-17-1-7-20(25)8-2-17/h1-11H,12-18H2,(H,26,29);1-10H,11-16H2,(H,26,29). The monoisotopic (exact) mass is 1010 g/mol. The lowest BCUT2D eigenvalue weighted by Gasteiger charge is -2.33. The number of benzene rings is 4. The molecule has 0 bridgehead atoms. The van der Waals surface area contributed by atoms with Crippen molar-refractivity contribution in [2.75, 3.05) is 58.9 Å². The van der Waals surface area contributed by atoms with Gasteiger partial charge in [-0.15, -0.1) is 22.7 Å². The normalized spacial score (nSPS) is 15.4. The summed E-state index contributed by atoms with van der Waals surface area (Å²) in [5.74, 6) is -0.743. The predicted molar refractivity (Wildman–Crippen MR) is 260 cm³/mol. The minimum Gasteiger partial charge on any atom is -0.347 e. The van der Waals surface area contributed by atoms with Gasteiger partial charge in [0.15, 0.2) is 0 Å². The minimum atomic E-state index is -3.59. The van der Waals surface area contributed by atoms with Gasteiger partial charge < -0.3 is 15.5 Å². The maximum Gasteiger partial charge on any atom is 0.252 e. The van der Waals surface area contributed by atoms with Crippen molar-refractivity contribution < 1.29 is 30.8 Å². The second kappa shape index (κ2) is 23.0. The van der Waals surface area contributed by atoms with Gasteiger partial charge in [-0.05, 0) is 102 Å². The largest absolute Gasteiger partial charge is 0.347 e. The van der Waals surface area contributed by atoms with Gasteiger partial charge in [-0.25, -0.2) is 21.2 Å². The third kappa shape index (κ3) is 13.6. The van der Waals surface area contributed by atoms with Gasteiger partial charge in [0.2, 0.25) is 0 Å². The number of hydrogen-bond donors (Lipinski definition) is 2. The summed E-state index contributed by atoms with van der Waals surface area (Å²) in [6.07, 6.45) is 0.962. The number of rotatable bonds is 15. The van der Waals surface area contributed by atoms with E-state index in [9.17, 15) is 30.8 Å². The van der Waals surface area contributed by atoms with E-state index < -0.39 is 20.0 Å². The van der Waals surface area contributed by atoms with Crippen LogP contribution in [0.15, 0.2) is 136 Å². The minimum absolute atomic E-state index is 0.226. The highest BCUT2D eigenvalue weighted by Gasteiger charge is 2.31. The summed E-state index contributed by atoms with van der Waals surface area (Å²) >= 11 is 14.1. The van der Waals surface area contributed by atoms with Crippen molar-refractivity contribution in [3.63, 3.8) is 0 Å². The van der Waals surface area contributed by atoms with Gasteiger partial charge in [-0.3, -0.25) is 14.5 Å². The van der Waals surface area contributed by atoms with E-state index in [0.717, 1.165) is 52.7 Å². The Morgan fingerprint density at radius 2 is 0.970 bits per heavy atom. The molecule has 0 atom stereocenters. The first-order chi connectivity index (χ1) is 31.7. The number of sulfonamides is 2. The second-order valence-electron chi connectivity index (χ2n) is 15.6. The molecule has 2 N–H and O–H groups in total. The van der Waals surface area contributed by atoms with E-state index in [0.29, 0.717) is 71.2 Å². The molecule has 0 radical (unpaired) electrons. The summed E-state index contributed by atoms with van der Waals surface area (Å²) < 4.78 is 69.1. The Bertz CT molecular complexity index is 2760. The van der Waals surface area contributed by atoms with E-state index in [2.05, 4.69) is 32.6 Å². The van der Waals surface area contributed by atoms with E-state index in [1.54, 1.807) is 89.2 Å². The van der Waals surface area contributed by atoms with Crippen molar-refractivity contribution in [2.24, 2.45) is 0 Å². The van der Waals surface area contributed by atoms with Crippen LogP contribution in [0.4, 0.5) is 4.39 Å². The van der Waals surface area contributed by atoms with Gasteiger partial charge in [-0.2, -0.15) is 8.61 Å². The first kappa shape index (κ1) is 49.4. The van der Waals surface area contributed by atoms with Crippen LogP contribution >= 0.6 is 45.9 Å². The molecule has 6 aromatic rings. The summed E-state index contributed by atoms with van der Waals surface area (Å²) in [4.78, 5) is 30.5. The zero-order valence-corrected chi connectivity index (χ0v) is 40.6. The van der Waals surface area contributed by atoms with Crippen LogP contribution in [0.25, 0.3) is 0 Å². The average molecular weight is 1010 g/mol. The summed E-state index contributed by atoms with van der Waals surface area (Å²) in [5, 5.41) is 6.75. The summed E-state index contributed by atoms with van der Waals surface area (Å²) in [5.41, 5.74) is 3.29. The number of thiophene rings is 2. The molecule has 2 aliphatic heterocycles. The Morgan fingerprint density at radius 1 is 0.530 bits per heavy atom. The van der Waals surface area contributed by atoms with Crippen molar-refractivity contribution in [3.05, 3.63) is 175 Å². The molecule has 0 saturated carbocycles. The zero-order valence-electron chi connectivity index (χ0n) is 35.8. The molecule has 19 heteroatoms. The van der Waals surface area contributed by atoms with Crippen LogP contribution < -0.4 is 10.6 Å². The number of carbonyl (C=O) groups is 2. The lowest BCUT2D eigenvalue weighted by Crippen LogP contribution is -2.48. The molecule has 12 nitrogen and oxygen atoms in total. The number of halogens is 3. The molecule has 2 aromatic heterocycles. The molecule has 66 heavy (non-hydrogen) atoms. The molecule has 4 heterocycles. The number of hydrogen-bond acceptors (Lipinski definition) is 10. The van der Waals surface area contributed by atoms with Crippen molar-refractivity contribution in [1.29, 1.82) is 0 Å². The fourth-order valence-corrected chi connectivity index (χ4v) is 13.3. The Morgan fingerprint density at radius 3 is 1.42 bits per heavy atom. The summed E-state index contributed by atoms with van der Waals surface area (Å²) in [6, 6.07) is 36.6. The molecule has 348 valence electrons. The lowest BCUT2D eigenvalue weighted by atomic mass is 10.1. The van der Waals surface area contributed by atoms with E-state index in [1.165, 1.54) is 33.3 Å². The number of piperazine rings is 2. The van der Waals surface area contributed by atoms with Crippen LogP contribution in [-0.2, 0) is 46.1 Å². The highest BCUT2D eigenvalue weighted by molar-refractivity contribution is 7.91. The summed E-state index contributed by atoms with van der Waals surface area (Å²) in [6.45, 7) is 6.51. The molecule has 0 aliphatic carbocycles. The van der Waals surface area contributed by atoms with Gasteiger partial charge >= 0.3 is 0 Å². The second-order valence-corrected chi connectivity index (χ2v) is 23.1. The SMILES string of the molecule is O=C(NCc1ccc(S(=O)(=O)N2CCN(CCc3ccccc3)CC2)s1)c1ccc(Cl)cc1.O=C(NCc1ccc(S(=O)(=O)N2CCN(Cc3ccc(F)cc3)CC2)s1)c1ccc(Cl)cc1. The molecule has 0 unspecified atom stereocenters. The Kier molecular flexibility index (Phi) is 17.2. The Labute approximate surface area is 403 Å². The topological polar surface area (TPSA) is 139 Å². The first-order valence-electron chi connectivity index (χ1n) is 21.2. The molecule has 4 aromatic carbocycles. The van der Waals surface area contributed by atoms with Crippen LogP contribution in [-0.4, -0.2) is 106 Å². The number of nitrogens with zero attached hydrogens (tertiary/aromatic N) is 4. The zero-order chi connectivity index (χ0) is 46.7. The van der Waals surface area contributed by atoms with Crippen LogP contribution in [0, 0.1) is 5.82 Å². The molecule has 0 spiro atoms. The van der Waals surface area contributed by atoms with Gasteiger partial charge in [0.1, 0.15) is 14.2 Å². The quantitative estimate of drug-likeness (QED) is 0.106. The van der Waals surface area contributed by atoms with Crippen molar-refractivity contribution in [2.45, 2.75) is 34.5 Å². The van der Waals surface area contributed by atoms with Crippen molar-refractivity contribution >= 4 is 77.7 Å².